The van der Waals surface area contributed by atoms with Crippen LogP contribution in [0.1, 0.15) is 17.3 Å². The Balaban J connectivity index is 3.17. The summed E-state index contributed by atoms with van der Waals surface area (Å²) < 4.78 is 5.04. The lowest BCUT2D eigenvalue weighted by molar-refractivity contribution is 0.0965. The number of ether oxygens (including phenoxy) is 1. The Morgan fingerprint density at radius 2 is 2.21 bits per heavy atom. The molecule has 0 spiro atoms. The van der Waals surface area contributed by atoms with Crippen LogP contribution in [0.3, 0.4) is 0 Å². The Morgan fingerprint density at radius 1 is 1.57 bits per heavy atom. The van der Waals surface area contributed by atoms with E-state index < -0.39 is 6.04 Å². The number of carbonyl (C=O) groups excluding carboxylic acids is 1. The highest BCUT2D eigenvalue weighted by Gasteiger charge is 2.16. The van der Waals surface area contributed by atoms with Crippen molar-refractivity contribution in [1.29, 1.82) is 0 Å². The molecule has 1 aromatic rings. The van der Waals surface area contributed by atoms with Gasteiger partial charge in [0.1, 0.15) is 5.75 Å². The second-order valence-corrected chi connectivity index (χ2v) is 3.43. The zero-order chi connectivity index (χ0) is 10.7. The van der Waals surface area contributed by atoms with Crippen LogP contribution in [0.4, 0.5) is 0 Å². The Hall–Kier alpha value is -1.06. The van der Waals surface area contributed by atoms with E-state index in [2.05, 4.69) is 0 Å². The Labute approximate surface area is 87.8 Å². The zero-order valence-electron chi connectivity index (χ0n) is 8.08. The number of halogens is 1. The molecule has 0 aliphatic carbocycles. The lowest BCUT2D eigenvalue weighted by Gasteiger charge is -2.09. The van der Waals surface area contributed by atoms with Crippen LogP contribution >= 0.6 is 11.6 Å². The molecule has 2 N–H and O–H groups in total. The maximum absolute atomic E-state index is 11.6. The van der Waals surface area contributed by atoms with Crippen LogP contribution in [0.15, 0.2) is 18.2 Å². The van der Waals surface area contributed by atoms with Crippen LogP contribution in [-0.2, 0) is 0 Å². The van der Waals surface area contributed by atoms with Crippen molar-refractivity contribution in [1.82, 2.24) is 0 Å². The van der Waals surface area contributed by atoms with Crippen molar-refractivity contribution in [2.45, 2.75) is 13.0 Å². The molecule has 0 aliphatic heterocycles. The number of nitrogens with two attached hydrogens (primary N) is 1. The van der Waals surface area contributed by atoms with Crippen molar-refractivity contribution in [3.05, 3.63) is 28.8 Å². The van der Waals surface area contributed by atoms with Gasteiger partial charge >= 0.3 is 0 Å². The molecule has 0 heterocycles. The zero-order valence-corrected chi connectivity index (χ0v) is 8.84. The minimum Gasteiger partial charge on any atom is -0.496 e. The van der Waals surface area contributed by atoms with E-state index in [4.69, 9.17) is 22.1 Å². The molecular weight excluding hydrogens is 202 g/mol. The standard InChI is InChI=1S/C10H12ClNO2/c1-6(12)10(13)8-5-7(11)3-4-9(8)14-2/h3-6H,12H2,1-2H3. The first kappa shape index (κ1) is 11.0. The van der Waals surface area contributed by atoms with E-state index >= 15 is 0 Å². The molecule has 3 nitrogen and oxygen atoms in total. The van der Waals surface area contributed by atoms with Crippen molar-refractivity contribution in [3.8, 4) is 5.75 Å². The molecule has 1 rings (SSSR count). The summed E-state index contributed by atoms with van der Waals surface area (Å²) in [5.74, 6) is 0.320. The van der Waals surface area contributed by atoms with E-state index in [0.717, 1.165) is 0 Å². The highest BCUT2D eigenvalue weighted by atomic mass is 35.5. The SMILES string of the molecule is COc1ccc(Cl)cc1C(=O)C(C)N. The summed E-state index contributed by atoms with van der Waals surface area (Å²) in [6.45, 7) is 1.63. The average Bonchev–Trinajstić information content (AvgIpc) is 2.16. The number of carbonyl (C=O) groups is 1. The van der Waals surface area contributed by atoms with Gasteiger partial charge in [-0.1, -0.05) is 11.6 Å². The van der Waals surface area contributed by atoms with Gasteiger partial charge in [0.2, 0.25) is 0 Å². The van der Waals surface area contributed by atoms with Crippen molar-refractivity contribution < 1.29 is 9.53 Å². The molecule has 14 heavy (non-hydrogen) atoms. The number of rotatable bonds is 3. The van der Waals surface area contributed by atoms with E-state index in [1.165, 1.54) is 7.11 Å². The predicted molar refractivity (Wildman–Crippen MR) is 56.0 cm³/mol. The first-order valence-electron chi connectivity index (χ1n) is 4.19. The first-order valence-corrected chi connectivity index (χ1v) is 4.57. The molecular formula is C10H12ClNO2. The van der Waals surface area contributed by atoms with Gasteiger partial charge in [0.05, 0.1) is 18.7 Å². The molecule has 76 valence electrons. The molecule has 1 unspecified atom stereocenters. The monoisotopic (exact) mass is 213 g/mol. The van der Waals surface area contributed by atoms with E-state index in [1.807, 2.05) is 0 Å². The Bertz CT molecular complexity index is 350. The van der Waals surface area contributed by atoms with Gasteiger partial charge in [-0.05, 0) is 25.1 Å². The number of hydrogen-bond donors (Lipinski definition) is 1. The third kappa shape index (κ3) is 2.25. The maximum Gasteiger partial charge on any atom is 0.182 e. The summed E-state index contributed by atoms with van der Waals surface area (Å²) in [7, 11) is 1.50. The maximum atomic E-state index is 11.6. The summed E-state index contributed by atoms with van der Waals surface area (Å²) in [5.41, 5.74) is 5.92. The summed E-state index contributed by atoms with van der Waals surface area (Å²) in [4.78, 5) is 11.6. The van der Waals surface area contributed by atoms with Crippen LogP contribution in [0.25, 0.3) is 0 Å². The second kappa shape index (κ2) is 4.44. The van der Waals surface area contributed by atoms with Crippen molar-refractivity contribution >= 4 is 17.4 Å². The molecule has 0 aliphatic rings. The minimum atomic E-state index is -0.553. The second-order valence-electron chi connectivity index (χ2n) is 3.00. The Kier molecular flexibility index (Phi) is 3.49. The number of benzene rings is 1. The fraction of sp³-hybridized carbons (Fsp3) is 0.300. The van der Waals surface area contributed by atoms with Gasteiger partial charge in [-0.3, -0.25) is 4.79 Å². The van der Waals surface area contributed by atoms with Crippen LogP contribution in [0.2, 0.25) is 5.02 Å². The molecule has 4 heteroatoms. The highest BCUT2D eigenvalue weighted by molar-refractivity contribution is 6.31. The summed E-state index contributed by atoms with van der Waals surface area (Å²) in [6.07, 6.45) is 0. The van der Waals surface area contributed by atoms with Gasteiger partial charge in [-0.25, -0.2) is 0 Å². The van der Waals surface area contributed by atoms with Crippen LogP contribution in [0, 0.1) is 0 Å². The van der Waals surface area contributed by atoms with Gasteiger partial charge in [0.25, 0.3) is 0 Å². The van der Waals surface area contributed by atoms with E-state index in [1.54, 1.807) is 25.1 Å². The molecule has 0 fully saturated rings. The third-order valence-corrected chi connectivity index (χ3v) is 2.08. The molecule has 1 atom stereocenters. The highest BCUT2D eigenvalue weighted by Crippen LogP contribution is 2.23. The fourth-order valence-corrected chi connectivity index (χ4v) is 1.29. The Morgan fingerprint density at radius 3 is 2.71 bits per heavy atom. The number of ketones is 1. The third-order valence-electron chi connectivity index (χ3n) is 1.84. The topological polar surface area (TPSA) is 52.3 Å². The average molecular weight is 214 g/mol. The predicted octanol–water partition coefficient (Wildman–Crippen LogP) is 1.88. The van der Waals surface area contributed by atoms with Crippen LogP contribution < -0.4 is 10.5 Å². The van der Waals surface area contributed by atoms with E-state index in [-0.39, 0.29) is 5.78 Å². The minimum absolute atomic E-state index is 0.177. The smallest absolute Gasteiger partial charge is 0.182 e. The van der Waals surface area contributed by atoms with Gasteiger partial charge in [0.15, 0.2) is 5.78 Å². The van der Waals surface area contributed by atoms with Gasteiger partial charge in [-0.15, -0.1) is 0 Å². The quantitative estimate of drug-likeness (QED) is 0.780. The van der Waals surface area contributed by atoms with Crippen molar-refractivity contribution in [3.63, 3.8) is 0 Å². The number of methoxy groups -OCH3 is 1. The molecule has 1 aromatic carbocycles. The molecule has 0 bridgehead atoms. The van der Waals surface area contributed by atoms with Crippen molar-refractivity contribution in [2.24, 2.45) is 5.73 Å². The van der Waals surface area contributed by atoms with Crippen LogP contribution in [-0.4, -0.2) is 18.9 Å². The summed E-state index contributed by atoms with van der Waals surface area (Å²) in [6, 6.07) is 4.32. The molecule has 0 radical (unpaired) electrons. The lowest BCUT2D eigenvalue weighted by atomic mass is 10.1. The summed E-state index contributed by atoms with van der Waals surface area (Å²) in [5, 5.41) is 0.495. The lowest BCUT2D eigenvalue weighted by Crippen LogP contribution is -2.27. The van der Waals surface area contributed by atoms with Gasteiger partial charge in [-0.2, -0.15) is 0 Å². The fourth-order valence-electron chi connectivity index (χ4n) is 1.12. The normalized spacial score (nSPS) is 12.3. The van der Waals surface area contributed by atoms with Gasteiger partial charge in [0, 0.05) is 5.02 Å². The number of Topliss-reactive ketones (excluding diaryl/α,β-unsaturated/α-hetero) is 1. The number of hydrogen-bond acceptors (Lipinski definition) is 3. The molecule has 0 saturated heterocycles. The molecule has 0 aromatic heterocycles. The molecule has 0 saturated carbocycles. The first-order chi connectivity index (χ1) is 6.56. The summed E-state index contributed by atoms with van der Waals surface area (Å²) >= 11 is 5.77. The van der Waals surface area contributed by atoms with Gasteiger partial charge < -0.3 is 10.5 Å². The molecule has 0 amide bonds. The van der Waals surface area contributed by atoms with Crippen molar-refractivity contribution in [2.75, 3.05) is 7.11 Å². The largest absolute Gasteiger partial charge is 0.496 e. The van der Waals surface area contributed by atoms with Crippen LogP contribution in [0.5, 0.6) is 5.75 Å². The van der Waals surface area contributed by atoms with E-state index in [0.29, 0.717) is 16.3 Å². The van der Waals surface area contributed by atoms with E-state index in [9.17, 15) is 4.79 Å².